The summed E-state index contributed by atoms with van der Waals surface area (Å²) < 4.78 is 1.80. The summed E-state index contributed by atoms with van der Waals surface area (Å²) in [6.07, 6.45) is 11.7. The smallest absolute Gasteiger partial charge is 0.303 e. The van der Waals surface area contributed by atoms with Crippen LogP contribution in [0.25, 0.3) is 0 Å². The van der Waals surface area contributed by atoms with Crippen LogP contribution in [-0.2, 0) is 11.8 Å². The van der Waals surface area contributed by atoms with Gasteiger partial charge in [-0.2, -0.15) is 0 Å². The number of rotatable bonds is 9. The number of aliphatic hydroxyl groups excluding tert-OH is 1. The molecule has 0 amide bonds. The highest BCUT2D eigenvalue weighted by atomic mass is 16.4. The lowest BCUT2D eigenvalue weighted by Gasteiger charge is -2.01. The third-order valence-corrected chi connectivity index (χ3v) is 3.23. The van der Waals surface area contributed by atoms with Gasteiger partial charge in [-0.15, -0.1) is 0 Å². The summed E-state index contributed by atoms with van der Waals surface area (Å²) in [7, 11) is 1.86. The van der Waals surface area contributed by atoms with E-state index in [9.17, 15) is 4.79 Å². The first-order valence-electron chi connectivity index (χ1n) is 7.86. The molecule has 0 aliphatic carbocycles. The number of aliphatic hydroxyl groups is 1. The van der Waals surface area contributed by atoms with Gasteiger partial charge in [-0.3, -0.25) is 4.79 Å². The van der Waals surface area contributed by atoms with Gasteiger partial charge in [0.25, 0.3) is 0 Å². The third-order valence-electron chi connectivity index (χ3n) is 3.23. The van der Waals surface area contributed by atoms with E-state index in [2.05, 4.69) is 11.9 Å². The van der Waals surface area contributed by atoms with Gasteiger partial charge in [-0.1, -0.05) is 45.4 Å². The fourth-order valence-electron chi connectivity index (χ4n) is 2.01. The zero-order valence-electron chi connectivity index (χ0n) is 13.6. The number of hydrogen-bond acceptors (Lipinski definition) is 3. The second kappa shape index (κ2) is 12.4. The molecule has 0 bridgehead atoms. The number of carbonyl (C=O) groups is 1. The summed E-state index contributed by atoms with van der Waals surface area (Å²) in [5.74, 6) is 0.0403. The van der Waals surface area contributed by atoms with Gasteiger partial charge in [0.2, 0.25) is 0 Å². The first-order valence-corrected chi connectivity index (χ1v) is 7.86. The minimum absolute atomic E-state index is 0.341. The number of imidazole rings is 1. The molecule has 21 heavy (non-hydrogen) atoms. The van der Waals surface area contributed by atoms with Crippen molar-refractivity contribution in [2.75, 3.05) is 0 Å². The molecule has 122 valence electrons. The van der Waals surface area contributed by atoms with Crippen LogP contribution in [0.5, 0.6) is 0 Å². The normalized spacial score (nSPS) is 11.6. The molecule has 5 heteroatoms. The van der Waals surface area contributed by atoms with Crippen LogP contribution in [0.2, 0.25) is 0 Å². The molecule has 0 aromatic carbocycles. The molecule has 5 nitrogen and oxygen atoms in total. The Morgan fingerprint density at radius 2 is 1.81 bits per heavy atom. The van der Waals surface area contributed by atoms with Crippen molar-refractivity contribution >= 4 is 5.97 Å². The lowest BCUT2D eigenvalue weighted by molar-refractivity contribution is -0.137. The lowest BCUT2D eigenvalue weighted by atomic mass is 10.1. The van der Waals surface area contributed by atoms with E-state index < -0.39 is 12.1 Å². The van der Waals surface area contributed by atoms with Gasteiger partial charge in [-0.05, 0) is 13.3 Å². The van der Waals surface area contributed by atoms with Crippen molar-refractivity contribution in [1.29, 1.82) is 0 Å². The number of hydrogen-bond donors (Lipinski definition) is 2. The van der Waals surface area contributed by atoms with E-state index >= 15 is 0 Å². The van der Waals surface area contributed by atoms with Crippen LogP contribution in [-0.4, -0.2) is 25.7 Å². The Labute approximate surface area is 128 Å². The molecule has 0 radical (unpaired) electrons. The van der Waals surface area contributed by atoms with Crippen LogP contribution < -0.4 is 0 Å². The second-order valence-electron chi connectivity index (χ2n) is 5.34. The van der Waals surface area contributed by atoms with Gasteiger partial charge in [0.05, 0.1) is 0 Å². The van der Waals surface area contributed by atoms with E-state index in [1.54, 1.807) is 17.7 Å². The highest BCUT2D eigenvalue weighted by Crippen LogP contribution is 2.08. The highest BCUT2D eigenvalue weighted by Gasteiger charge is 2.03. The van der Waals surface area contributed by atoms with Crippen LogP contribution in [0, 0.1) is 0 Å². The first kappa shape index (κ1) is 19.6. The molecule has 1 aromatic rings. The van der Waals surface area contributed by atoms with E-state index in [-0.39, 0.29) is 0 Å². The molecule has 1 rings (SSSR count). The van der Waals surface area contributed by atoms with E-state index in [4.69, 9.17) is 10.2 Å². The van der Waals surface area contributed by atoms with E-state index in [1.807, 2.05) is 13.2 Å². The monoisotopic (exact) mass is 298 g/mol. The Balaban J connectivity index is 0.000000394. The number of aliphatic carboxylic acids is 1. The number of nitrogens with zero attached hydrogens (tertiary/aromatic N) is 2. The molecule has 0 saturated carbocycles. The number of carboxylic acid groups (broad SMARTS) is 1. The van der Waals surface area contributed by atoms with E-state index in [0.717, 1.165) is 12.8 Å². The topological polar surface area (TPSA) is 75.4 Å². The average Bonchev–Trinajstić information content (AvgIpc) is 2.84. The predicted molar refractivity (Wildman–Crippen MR) is 84.1 cm³/mol. The van der Waals surface area contributed by atoms with Crippen LogP contribution in [0.1, 0.15) is 77.1 Å². The number of carboxylic acids is 1. The van der Waals surface area contributed by atoms with E-state index in [0.29, 0.717) is 12.2 Å². The van der Waals surface area contributed by atoms with Gasteiger partial charge in [0, 0.05) is 25.9 Å². The minimum Gasteiger partial charge on any atom is -0.481 e. The number of unbranched alkanes of at least 4 members (excludes halogenated alkanes) is 6. The molecule has 1 aromatic heterocycles. The standard InChI is InChI=1S/C10H20O2.C6H10N2O/c1-2-3-4-5-6-7-8-9-10(11)12;1-5(9)6-7-3-4-8(6)2/h2-9H2,1H3,(H,11,12);3-5,9H,1-2H3. The molecule has 1 unspecified atom stereocenters. The van der Waals surface area contributed by atoms with Gasteiger partial charge in [-0.25, -0.2) is 4.98 Å². The fraction of sp³-hybridized carbons (Fsp3) is 0.750. The fourth-order valence-corrected chi connectivity index (χ4v) is 2.01. The highest BCUT2D eigenvalue weighted by molar-refractivity contribution is 5.66. The summed E-state index contributed by atoms with van der Waals surface area (Å²) in [4.78, 5) is 14.1. The Morgan fingerprint density at radius 3 is 2.19 bits per heavy atom. The van der Waals surface area contributed by atoms with Crippen LogP contribution in [0.15, 0.2) is 12.4 Å². The number of aryl methyl sites for hydroxylation is 1. The summed E-state index contributed by atoms with van der Waals surface area (Å²) >= 11 is 0. The number of aromatic nitrogens is 2. The van der Waals surface area contributed by atoms with Gasteiger partial charge >= 0.3 is 5.97 Å². The van der Waals surface area contributed by atoms with Crippen molar-refractivity contribution in [3.05, 3.63) is 18.2 Å². The zero-order valence-corrected chi connectivity index (χ0v) is 13.6. The largest absolute Gasteiger partial charge is 0.481 e. The summed E-state index contributed by atoms with van der Waals surface area (Å²) in [6, 6.07) is 0. The lowest BCUT2D eigenvalue weighted by Crippen LogP contribution is -2.00. The zero-order chi connectivity index (χ0) is 16.1. The molecule has 2 N–H and O–H groups in total. The van der Waals surface area contributed by atoms with Crippen molar-refractivity contribution in [2.45, 2.75) is 71.3 Å². The Bertz CT molecular complexity index is 375. The van der Waals surface area contributed by atoms with Crippen molar-refractivity contribution in [1.82, 2.24) is 9.55 Å². The average molecular weight is 298 g/mol. The van der Waals surface area contributed by atoms with Gasteiger partial charge < -0.3 is 14.8 Å². The molecule has 0 saturated heterocycles. The Kier molecular flexibility index (Phi) is 11.6. The predicted octanol–water partition coefficient (Wildman–Crippen LogP) is 3.69. The quantitative estimate of drug-likeness (QED) is 0.682. The maximum absolute atomic E-state index is 10.1. The molecule has 0 spiro atoms. The molecule has 0 fully saturated rings. The maximum Gasteiger partial charge on any atom is 0.303 e. The minimum atomic E-state index is -0.663. The molecule has 0 aliphatic rings. The second-order valence-corrected chi connectivity index (χ2v) is 5.34. The third kappa shape index (κ3) is 11.0. The molecule has 0 aliphatic heterocycles. The van der Waals surface area contributed by atoms with Crippen molar-refractivity contribution < 1.29 is 15.0 Å². The molecule has 1 heterocycles. The van der Waals surface area contributed by atoms with Crippen LogP contribution in [0.3, 0.4) is 0 Å². The van der Waals surface area contributed by atoms with Crippen molar-refractivity contribution in [3.63, 3.8) is 0 Å². The summed E-state index contributed by atoms with van der Waals surface area (Å²) in [5.41, 5.74) is 0. The van der Waals surface area contributed by atoms with Gasteiger partial charge in [0.15, 0.2) is 0 Å². The van der Waals surface area contributed by atoms with Gasteiger partial charge in [0.1, 0.15) is 11.9 Å². The Morgan fingerprint density at radius 1 is 1.24 bits per heavy atom. The first-order chi connectivity index (χ1) is 9.99. The summed E-state index contributed by atoms with van der Waals surface area (Å²) in [5, 5.41) is 17.4. The SMILES string of the molecule is CC(O)c1nccn1C.CCCCCCCCCC(=O)O. The summed E-state index contributed by atoms with van der Waals surface area (Å²) in [6.45, 7) is 3.90. The molecular formula is C16H30N2O3. The molecular weight excluding hydrogens is 268 g/mol. The van der Waals surface area contributed by atoms with Crippen LogP contribution in [0.4, 0.5) is 0 Å². The van der Waals surface area contributed by atoms with Crippen molar-refractivity contribution in [3.8, 4) is 0 Å². The maximum atomic E-state index is 10.1. The molecule has 1 atom stereocenters. The van der Waals surface area contributed by atoms with Crippen molar-refractivity contribution in [2.24, 2.45) is 7.05 Å². The Hall–Kier alpha value is -1.36. The van der Waals surface area contributed by atoms with Crippen LogP contribution >= 0.6 is 0 Å². The van der Waals surface area contributed by atoms with E-state index in [1.165, 1.54) is 32.1 Å².